The zero-order valence-corrected chi connectivity index (χ0v) is 12.6. The molecule has 0 bridgehead atoms. The smallest absolute Gasteiger partial charge is 0.259 e. The zero-order chi connectivity index (χ0) is 14.1. The van der Waals surface area contributed by atoms with E-state index in [0.29, 0.717) is 28.0 Å². The Morgan fingerprint density at radius 3 is 3.15 bits per heavy atom. The van der Waals surface area contributed by atoms with Crippen molar-refractivity contribution in [3.05, 3.63) is 29.0 Å². The maximum absolute atomic E-state index is 6.16. The van der Waals surface area contributed by atoms with Gasteiger partial charge in [0.05, 0.1) is 16.6 Å². The summed E-state index contributed by atoms with van der Waals surface area (Å²) in [7, 11) is 2.08. The summed E-state index contributed by atoms with van der Waals surface area (Å²) < 4.78 is 5.35. The zero-order valence-electron chi connectivity index (χ0n) is 11.0. The third-order valence-corrected chi connectivity index (χ3v) is 4.71. The summed E-state index contributed by atoms with van der Waals surface area (Å²) in [6.07, 6.45) is 0. The summed E-state index contributed by atoms with van der Waals surface area (Å²) in [5.74, 6) is 3.23. The summed E-state index contributed by atoms with van der Waals surface area (Å²) in [5.41, 5.74) is 7.07. The van der Waals surface area contributed by atoms with Gasteiger partial charge in [-0.2, -0.15) is 16.7 Å². The van der Waals surface area contributed by atoms with E-state index < -0.39 is 0 Å². The Morgan fingerprint density at radius 1 is 1.50 bits per heavy atom. The number of rotatable bonds is 2. The number of thioether (sulfide) groups is 1. The Balaban J connectivity index is 1.91. The largest absolute Gasteiger partial charge is 0.399 e. The molecule has 1 aliphatic heterocycles. The number of hydrogen-bond donors (Lipinski definition) is 1. The number of anilines is 1. The van der Waals surface area contributed by atoms with Gasteiger partial charge in [0, 0.05) is 23.7 Å². The van der Waals surface area contributed by atoms with Gasteiger partial charge in [0.15, 0.2) is 5.82 Å². The molecule has 3 rings (SSSR count). The molecule has 0 aliphatic carbocycles. The number of hydrogen-bond acceptors (Lipinski definition) is 6. The quantitative estimate of drug-likeness (QED) is 0.860. The highest BCUT2D eigenvalue weighted by atomic mass is 35.5. The SMILES string of the molecule is CN1CCSCC1c1noc(-c2cc(N)ccc2Cl)n1. The highest BCUT2D eigenvalue weighted by Crippen LogP contribution is 2.31. The number of nitrogens with two attached hydrogens (primary N) is 1. The molecule has 0 radical (unpaired) electrons. The lowest BCUT2D eigenvalue weighted by atomic mass is 10.2. The van der Waals surface area contributed by atoms with Crippen LogP contribution in [0.4, 0.5) is 5.69 Å². The van der Waals surface area contributed by atoms with Gasteiger partial charge in [-0.05, 0) is 25.2 Å². The van der Waals surface area contributed by atoms with E-state index in [1.54, 1.807) is 18.2 Å². The Morgan fingerprint density at radius 2 is 2.35 bits per heavy atom. The van der Waals surface area contributed by atoms with Gasteiger partial charge in [-0.3, -0.25) is 4.90 Å². The molecule has 2 aromatic rings. The highest BCUT2D eigenvalue weighted by Gasteiger charge is 2.26. The van der Waals surface area contributed by atoms with Gasteiger partial charge < -0.3 is 10.3 Å². The first-order chi connectivity index (χ1) is 9.65. The third-order valence-electron chi connectivity index (χ3n) is 3.36. The van der Waals surface area contributed by atoms with E-state index in [9.17, 15) is 0 Å². The molecular weight excluding hydrogens is 296 g/mol. The van der Waals surface area contributed by atoms with Crippen LogP contribution in [0, 0.1) is 0 Å². The van der Waals surface area contributed by atoms with Crippen LogP contribution in [0.25, 0.3) is 11.5 Å². The molecule has 1 aromatic heterocycles. The van der Waals surface area contributed by atoms with E-state index in [1.807, 2.05) is 11.8 Å². The molecule has 1 unspecified atom stereocenters. The second kappa shape index (κ2) is 5.63. The van der Waals surface area contributed by atoms with Crippen molar-refractivity contribution in [2.75, 3.05) is 30.8 Å². The highest BCUT2D eigenvalue weighted by molar-refractivity contribution is 7.99. The fraction of sp³-hybridized carbons (Fsp3) is 0.385. The first kappa shape index (κ1) is 13.7. The van der Waals surface area contributed by atoms with Crippen LogP contribution in [0.2, 0.25) is 5.02 Å². The van der Waals surface area contributed by atoms with Crippen molar-refractivity contribution in [3.63, 3.8) is 0 Å². The minimum atomic E-state index is 0.186. The van der Waals surface area contributed by atoms with Crippen LogP contribution in [0.15, 0.2) is 22.7 Å². The van der Waals surface area contributed by atoms with E-state index in [2.05, 4.69) is 22.1 Å². The Bertz CT molecular complexity index is 618. The number of nitrogens with zero attached hydrogens (tertiary/aromatic N) is 3. The van der Waals surface area contributed by atoms with E-state index >= 15 is 0 Å². The van der Waals surface area contributed by atoms with Crippen LogP contribution in [0.5, 0.6) is 0 Å². The van der Waals surface area contributed by atoms with Gasteiger partial charge in [-0.1, -0.05) is 16.8 Å². The minimum absolute atomic E-state index is 0.186. The minimum Gasteiger partial charge on any atom is -0.399 e. The molecule has 20 heavy (non-hydrogen) atoms. The van der Waals surface area contributed by atoms with Gasteiger partial charge in [0.2, 0.25) is 0 Å². The molecule has 1 saturated heterocycles. The average Bonchev–Trinajstić information content (AvgIpc) is 2.91. The van der Waals surface area contributed by atoms with Crippen molar-refractivity contribution in [1.82, 2.24) is 15.0 Å². The first-order valence-electron chi connectivity index (χ1n) is 6.32. The second-order valence-corrected chi connectivity index (χ2v) is 6.33. The Hall–Kier alpha value is -1.24. The van der Waals surface area contributed by atoms with Crippen LogP contribution >= 0.6 is 23.4 Å². The Kier molecular flexibility index (Phi) is 3.87. The van der Waals surface area contributed by atoms with Crippen LogP contribution in [0.1, 0.15) is 11.9 Å². The third kappa shape index (κ3) is 2.63. The molecule has 0 saturated carbocycles. The van der Waals surface area contributed by atoms with Crippen molar-refractivity contribution in [3.8, 4) is 11.5 Å². The molecule has 0 spiro atoms. The maximum atomic E-state index is 6.16. The van der Waals surface area contributed by atoms with Gasteiger partial charge in [-0.15, -0.1) is 0 Å². The molecular formula is C13H15ClN4OS. The molecule has 5 nitrogen and oxygen atoms in total. The topological polar surface area (TPSA) is 68.2 Å². The summed E-state index contributed by atoms with van der Waals surface area (Å²) in [6.45, 7) is 1.03. The number of benzene rings is 1. The summed E-state index contributed by atoms with van der Waals surface area (Å²) in [6, 6.07) is 5.41. The van der Waals surface area contributed by atoms with Crippen molar-refractivity contribution < 1.29 is 4.52 Å². The van der Waals surface area contributed by atoms with Gasteiger partial charge in [0.1, 0.15) is 0 Å². The lowest BCUT2D eigenvalue weighted by molar-refractivity contribution is 0.257. The number of halogens is 1. The van der Waals surface area contributed by atoms with Crippen LogP contribution in [-0.4, -0.2) is 40.1 Å². The monoisotopic (exact) mass is 310 g/mol. The van der Waals surface area contributed by atoms with E-state index in [0.717, 1.165) is 18.1 Å². The summed E-state index contributed by atoms with van der Waals surface area (Å²) in [4.78, 5) is 6.73. The van der Waals surface area contributed by atoms with Crippen molar-refractivity contribution in [1.29, 1.82) is 0 Å². The molecule has 0 amide bonds. The Labute approximate surface area is 126 Å². The molecule has 1 aromatic carbocycles. The first-order valence-corrected chi connectivity index (χ1v) is 7.85. The van der Waals surface area contributed by atoms with Crippen LogP contribution < -0.4 is 5.73 Å². The lowest BCUT2D eigenvalue weighted by Crippen LogP contribution is -2.33. The van der Waals surface area contributed by atoms with Gasteiger partial charge in [-0.25, -0.2) is 0 Å². The molecule has 1 atom stereocenters. The molecule has 1 aliphatic rings. The predicted octanol–water partition coefficient (Wildman–Crippen LogP) is 2.69. The van der Waals surface area contributed by atoms with Crippen LogP contribution in [-0.2, 0) is 0 Å². The van der Waals surface area contributed by atoms with Gasteiger partial charge >= 0.3 is 0 Å². The molecule has 106 valence electrons. The lowest BCUT2D eigenvalue weighted by Gasteiger charge is -2.29. The second-order valence-electron chi connectivity index (χ2n) is 4.77. The van der Waals surface area contributed by atoms with Gasteiger partial charge in [0.25, 0.3) is 5.89 Å². The standard InChI is InChI=1S/C13H15ClN4OS/c1-18-4-5-20-7-11(18)12-16-13(19-17-12)9-6-8(15)2-3-10(9)14/h2-3,6,11H,4-5,7,15H2,1H3. The number of aromatic nitrogens is 2. The summed E-state index contributed by atoms with van der Waals surface area (Å²) >= 11 is 8.06. The average molecular weight is 311 g/mol. The fourth-order valence-electron chi connectivity index (χ4n) is 2.14. The van der Waals surface area contributed by atoms with Crippen LogP contribution in [0.3, 0.4) is 0 Å². The van der Waals surface area contributed by atoms with Crippen molar-refractivity contribution in [2.24, 2.45) is 0 Å². The van der Waals surface area contributed by atoms with E-state index in [-0.39, 0.29) is 6.04 Å². The van der Waals surface area contributed by atoms with Crippen molar-refractivity contribution >= 4 is 29.1 Å². The predicted molar refractivity (Wildman–Crippen MR) is 81.9 cm³/mol. The maximum Gasteiger partial charge on any atom is 0.259 e. The molecule has 2 N–H and O–H groups in total. The van der Waals surface area contributed by atoms with E-state index in [4.69, 9.17) is 21.9 Å². The normalized spacial score (nSPS) is 20.2. The summed E-state index contributed by atoms with van der Waals surface area (Å²) in [5, 5.41) is 4.65. The molecule has 2 heterocycles. The molecule has 1 fully saturated rings. The fourth-order valence-corrected chi connectivity index (χ4v) is 3.55. The van der Waals surface area contributed by atoms with E-state index in [1.165, 1.54) is 0 Å². The van der Waals surface area contributed by atoms with Crippen molar-refractivity contribution in [2.45, 2.75) is 6.04 Å². The number of nitrogen functional groups attached to an aromatic ring is 1. The molecule has 7 heteroatoms.